The van der Waals surface area contributed by atoms with Gasteiger partial charge >= 0.3 is 0 Å². The number of anilines is 2. The lowest BCUT2D eigenvalue weighted by Gasteiger charge is -2.41. The Kier molecular flexibility index (Phi) is 3.56. The summed E-state index contributed by atoms with van der Waals surface area (Å²) >= 11 is 0. The number of nitrogens with zero attached hydrogens (tertiary/aromatic N) is 2. The van der Waals surface area contributed by atoms with E-state index < -0.39 is 5.60 Å². The molecule has 5 nitrogen and oxygen atoms in total. The fourth-order valence-electron chi connectivity index (χ4n) is 2.99. The van der Waals surface area contributed by atoms with Gasteiger partial charge in [0.05, 0.1) is 18.8 Å². The molecule has 3 rings (SSSR count). The number of nitrogens with one attached hydrogen (secondary N) is 1. The third-order valence-corrected chi connectivity index (χ3v) is 4.02. The molecule has 0 amide bonds. The molecular formula is C15H23N3O2. The Labute approximate surface area is 120 Å². The summed E-state index contributed by atoms with van der Waals surface area (Å²) in [5.74, 6) is 1.92. The molecule has 110 valence electrons. The maximum Gasteiger partial charge on any atom is 0.131 e. The molecule has 0 bridgehead atoms. The zero-order chi connectivity index (χ0) is 14.2. The SMILES string of the molecule is Cc1cc(NC2CC(C)(O)C2)nc(N2CCOCC2)c1. The molecule has 0 atom stereocenters. The molecular weight excluding hydrogens is 254 g/mol. The predicted octanol–water partition coefficient (Wildman–Crippen LogP) is 1.55. The Morgan fingerprint density at radius 3 is 2.70 bits per heavy atom. The first-order valence-corrected chi connectivity index (χ1v) is 7.32. The maximum absolute atomic E-state index is 9.79. The molecule has 2 heterocycles. The van der Waals surface area contributed by atoms with E-state index in [2.05, 4.69) is 29.3 Å². The Balaban J connectivity index is 1.70. The zero-order valence-electron chi connectivity index (χ0n) is 12.2. The normalized spacial score (nSPS) is 29.9. The first-order valence-electron chi connectivity index (χ1n) is 7.32. The molecule has 0 radical (unpaired) electrons. The second-order valence-electron chi connectivity index (χ2n) is 6.23. The van der Waals surface area contributed by atoms with Gasteiger partial charge in [0.25, 0.3) is 0 Å². The first-order chi connectivity index (χ1) is 9.52. The smallest absolute Gasteiger partial charge is 0.131 e. The van der Waals surface area contributed by atoms with E-state index in [1.807, 2.05) is 6.92 Å². The van der Waals surface area contributed by atoms with Gasteiger partial charge in [-0.05, 0) is 44.4 Å². The molecule has 2 aliphatic rings. The minimum Gasteiger partial charge on any atom is -0.390 e. The van der Waals surface area contributed by atoms with Crippen molar-refractivity contribution in [1.29, 1.82) is 0 Å². The topological polar surface area (TPSA) is 57.6 Å². The molecule has 2 N–H and O–H groups in total. The molecule has 1 aromatic heterocycles. The lowest BCUT2D eigenvalue weighted by atomic mass is 9.77. The van der Waals surface area contributed by atoms with E-state index in [-0.39, 0.29) is 0 Å². The molecule has 20 heavy (non-hydrogen) atoms. The van der Waals surface area contributed by atoms with Crippen molar-refractivity contribution in [1.82, 2.24) is 4.98 Å². The summed E-state index contributed by atoms with van der Waals surface area (Å²) in [5.41, 5.74) is 0.698. The molecule has 5 heteroatoms. The third-order valence-electron chi connectivity index (χ3n) is 4.02. The maximum atomic E-state index is 9.79. The Morgan fingerprint density at radius 1 is 1.35 bits per heavy atom. The highest BCUT2D eigenvalue weighted by atomic mass is 16.5. The van der Waals surface area contributed by atoms with Crippen LogP contribution < -0.4 is 10.2 Å². The van der Waals surface area contributed by atoms with E-state index in [4.69, 9.17) is 9.72 Å². The van der Waals surface area contributed by atoms with Gasteiger partial charge in [0, 0.05) is 19.1 Å². The quantitative estimate of drug-likeness (QED) is 0.878. The second-order valence-corrected chi connectivity index (χ2v) is 6.23. The van der Waals surface area contributed by atoms with Crippen molar-refractivity contribution in [2.24, 2.45) is 0 Å². The van der Waals surface area contributed by atoms with Crippen LogP contribution in [0, 0.1) is 6.92 Å². The van der Waals surface area contributed by atoms with Crippen LogP contribution in [-0.4, -0.2) is 48.0 Å². The highest BCUT2D eigenvalue weighted by Gasteiger charge is 2.38. The largest absolute Gasteiger partial charge is 0.390 e. The fourth-order valence-corrected chi connectivity index (χ4v) is 2.99. The summed E-state index contributed by atoms with van der Waals surface area (Å²) in [6.07, 6.45) is 1.57. The molecule has 2 fully saturated rings. The van der Waals surface area contributed by atoms with Gasteiger partial charge in [-0.15, -0.1) is 0 Å². The average Bonchev–Trinajstić information content (AvgIpc) is 2.37. The van der Waals surface area contributed by atoms with Crippen molar-refractivity contribution < 1.29 is 9.84 Å². The summed E-state index contributed by atoms with van der Waals surface area (Å²) in [4.78, 5) is 6.97. The van der Waals surface area contributed by atoms with Crippen molar-refractivity contribution in [2.45, 2.75) is 38.3 Å². The van der Waals surface area contributed by atoms with E-state index in [0.717, 1.165) is 50.8 Å². The van der Waals surface area contributed by atoms with E-state index in [0.29, 0.717) is 6.04 Å². The summed E-state index contributed by atoms with van der Waals surface area (Å²) in [6, 6.07) is 4.52. The van der Waals surface area contributed by atoms with Crippen LogP contribution in [0.2, 0.25) is 0 Å². The number of ether oxygens (including phenoxy) is 1. The number of morpholine rings is 1. The second kappa shape index (κ2) is 5.22. The van der Waals surface area contributed by atoms with Crippen LogP contribution in [0.25, 0.3) is 0 Å². The predicted molar refractivity (Wildman–Crippen MR) is 79.3 cm³/mol. The lowest BCUT2D eigenvalue weighted by molar-refractivity contribution is -0.0235. The van der Waals surface area contributed by atoms with Crippen molar-refractivity contribution >= 4 is 11.6 Å². The Hall–Kier alpha value is -1.33. The number of aliphatic hydroxyl groups is 1. The summed E-state index contributed by atoms with van der Waals surface area (Å²) in [5, 5.41) is 13.2. The number of pyridine rings is 1. The molecule has 1 saturated carbocycles. The average molecular weight is 277 g/mol. The number of rotatable bonds is 3. The molecule has 1 aromatic rings. The third kappa shape index (κ3) is 3.04. The van der Waals surface area contributed by atoms with Gasteiger partial charge < -0.3 is 20.1 Å². The van der Waals surface area contributed by atoms with E-state index in [1.165, 1.54) is 5.56 Å². The van der Waals surface area contributed by atoms with Gasteiger partial charge in [0.2, 0.25) is 0 Å². The van der Waals surface area contributed by atoms with Crippen LogP contribution in [0.3, 0.4) is 0 Å². The lowest BCUT2D eigenvalue weighted by Crippen LogP contribution is -2.48. The van der Waals surface area contributed by atoms with E-state index >= 15 is 0 Å². The molecule has 0 aromatic carbocycles. The van der Waals surface area contributed by atoms with Gasteiger partial charge in [0.15, 0.2) is 0 Å². The van der Waals surface area contributed by atoms with Crippen LogP contribution in [-0.2, 0) is 4.74 Å². The molecule has 0 unspecified atom stereocenters. The summed E-state index contributed by atoms with van der Waals surface area (Å²) < 4.78 is 5.38. The monoisotopic (exact) mass is 277 g/mol. The van der Waals surface area contributed by atoms with Crippen molar-refractivity contribution in [3.8, 4) is 0 Å². The highest BCUT2D eigenvalue weighted by molar-refractivity contribution is 5.51. The fraction of sp³-hybridized carbons (Fsp3) is 0.667. The number of hydrogen-bond donors (Lipinski definition) is 2. The minimum atomic E-state index is -0.505. The first kappa shape index (κ1) is 13.6. The standard InChI is InChI=1S/C15H23N3O2/c1-11-7-13(16-12-9-15(2,19)10-12)17-14(8-11)18-3-5-20-6-4-18/h7-8,12,19H,3-6,9-10H2,1-2H3,(H,16,17). The van der Waals surface area contributed by atoms with Crippen molar-refractivity contribution in [3.63, 3.8) is 0 Å². The van der Waals surface area contributed by atoms with Crippen LogP contribution in [0.5, 0.6) is 0 Å². The Morgan fingerprint density at radius 2 is 2.05 bits per heavy atom. The zero-order valence-corrected chi connectivity index (χ0v) is 12.2. The molecule has 0 spiro atoms. The number of hydrogen-bond acceptors (Lipinski definition) is 5. The Bertz CT molecular complexity index is 476. The van der Waals surface area contributed by atoms with Crippen LogP contribution >= 0.6 is 0 Å². The summed E-state index contributed by atoms with van der Waals surface area (Å²) in [7, 11) is 0. The van der Waals surface area contributed by atoms with Crippen molar-refractivity contribution in [2.75, 3.05) is 36.5 Å². The minimum absolute atomic E-state index is 0.330. The highest BCUT2D eigenvalue weighted by Crippen LogP contribution is 2.33. The number of aryl methyl sites for hydroxylation is 1. The van der Waals surface area contributed by atoms with Gasteiger partial charge in [0.1, 0.15) is 11.6 Å². The van der Waals surface area contributed by atoms with Crippen LogP contribution in [0.15, 0.2) is 12.1 Å². The van der Waals surface area contributed by atoms with Crippen LogP contribution in [0.1, 0.15) is 25.3 Å². The molecule has 1 aliphatic heterocycles. The van der Waals surface area contributed by atoms with E-state index in [9.17, 15) is 5.11 Å². The van der Waals surface area contributed by atoms with Crippen molar-refractivity contribution in [3.05, 3.63) is 17.7 Å². The van der Waals surface area contributed by atoms with Gasteiger partial charge in [-0.2, -0.15) is 0 Å². The van der Waals surface area contributed by atoms with Gasteiger partial charge in [-0.3, -0.25) is 0 Å². The van der Waals surface area contributed by atoms with Gasteiger partial charge in [-0.25, -0.2) is 4.98 Å². The molecule has 1 saturated heterocycles. The summed E-state index contributed by atoms with van der Waals surface area (Å²) in [6.45, 7) is 7.30. The van der Waals surface area contributed by atoms with Crippen LogP contribution in [0.4, 0.5) is 11.6 Å². The molecule has 1 aliphatic carbocycles. The number of aromatic nitrogens is 1. The van der Waals surface area contributed by atoms with E-state index in [1.54, 1.807) is 0 Å². The van der Waals surface area contributed by atoms with Gasteiger partial charge in [-0.1, -0.05) is 0 Å².